The summed E-state index contributed by atoms with van der Waals surface area (Å²) in [5, 5.41) is 0. The van der Waals surface area contributed by atoms with E-state index in [0.29, 0.717) is 25.2 Å². The van der Waals surface area contributed by atoms with E-state index < -0.39 is 11.6 Å². The van der Waals surface area contributed by atoms with E-state index in [0.717, 1.165) is 6.42 Å². The molecule has 3 aliphatic rings. The van der Waals surface area contributed by atoms with Gasteiger partial charge in [-0.15, -0.1) is 0 Å². The predicted octanol–water partition coefficient (Wildman–Crippen LogP) is 2.74. The van der Waals surface area contributed by atoms with E-state index >= 15 is 0 Å². The lowest BCUT2D eigenvalue weighted by Gasteiger charge is -2.39. The molecule has 0 atom stereocenters. The first-order valence-corrected chi connectivity index (χ1v) is 3.60. The van der Waals surface area contributed by atoms with Crippen LogP contribution in [0.15, 0.2) is 0 Å². The summed E-state index contributed by atoms with van der Waals surface area (Å²) in [7, 11) is 0. The van der Waals surface area contributed by atoms with E-state index in [9.17, 15) is 13.2 Å². The van der Waals surface area contributed by atoms with Crippen LogP contribution in [0.25, 0.3) is 0 Å². The molecule has 3 fully saturated rings. The zero-order valence-electron chi connectivity index (χ0n) is 5.54. The summed E-state index contributed by atoms with van der Waals surface area (Å²) in [5.74, 6) is 0.404. The van der Waals surface area contributed by atoms with Crippen molar-refractivity contribution in [1.29, 1.82) is 0 Å². The molecule has 0 saturated heterocycles. The van der Waals surface area contributed by atoms with Crippen molar-refractivity contribution in [3.8, 4) is 0 Å². The van der Waals surface area contributed by atoms with Crippen LogP contribution >= 0.6 is 0 Å². The van der Waals surface area contributed by atoms with Crippen molar-refractivity contribution in [2.45, 2.75) is 31.9 Å². The number of alkyl halides is 3. The Labute approximate surface area is 57.4 Å². The highest BCUT2D eigenvalue weighted by molar-refractivity contribution is 5.04. The number of fused-ring (bicyclic) bond motifs is 1. The lowest BCUT2D eigenvalue weighted by molar-refractivity contribution is -0.244. The normalized spacial score (nSPS) is 45.3. The van der Waals surface area contributed by atoms with Gasteiger partial charge in [0, 0.05) is 0 Å². The van der Waals surface area contributed by atoms with Crippen molar-refractivity contribution >= 4 is 0 Å². The van der Waals surface area contributed by atoms with Gasteiger partial charge in [0.15, 0.2) is 0 Å². The van der Waals surface area contributed by atoms with Crippen LogP contribution in [0.1, 0.15) is 25.7 Å². The molecule has 0 aromatic heterocycles. The fourth-order valence-electron chi connectivity index (χ4n) is 2.31. The molecular formula is C7H9F3. The Morgan fingerprint density at radius 2 is 1.80 bits per heavy atom. The maximum atomic E-state index is 12.2. The SMILES string of the molecule is FC(F)(F)C12CCC(C1)C2. The Morgan fingerprint density at radius 3 is 2.00 bits per heavy atom. The van der Waals surface area contributed by atoms with E-state index in [1.165, 1.54) is 0 Å². The molecule has 0 N–H and O–H groups in total. The molecular weight excluding hydrogens is 141 g/mol. The topological polar surface area (TPSA) is 0 Å². The summed E-state index contributed by atoms with van der Waals surface area (Å²) in [4.78, 5) is 0. The Morgan fingerprint density at radius 1 is 1.20 bits per heavy atom. The second-order valence-electron chi connectivity index (χ2n) is 3.59. The van der Waals surface area contributed by atoms with E-state index in [2.05, 4.69) is 0 Å². The van der Waals surface area contributed by atoms with Gasteiger partial charge >= 0.3 is 6.18 Å². The Kier molecular flexibility index (Phi) is 0.982. The highest BCUT2D eigenvalue weighted by atomic mass is 19.4. The van der Waals surface area contributed by atoms with Crippen LogP contribution in [0.2, 0.25) is 0 Å². The standard InChI is InChI=1S/C7H9F3/c8-7(9,10)6-2-1-5(3-6)4-6/h5H,1-4H2. The molecule has 3 rings (SSSR count). The van der Waals surface area contributed by atoms with Gasteiger partial charge < -0.3 is 0 Å². The molecule has 0 heterocycles. The zero-order valence-corrected chi connectivity index (χ0v) is 5.54. The van der Waals surface area contributed by atoms with Gasteiger partial charge in [0.25, 0.3) is 0 Å². The molecule has 0 aromatic carbocycles. The molecule has 0 spiro atoms. The molecule has 0 aliphatic heterocycles. The molecule has 10 heavy (non-hydrogen) atoms. The summed E-state index contributed by atoms with van der Waals surface area (Å²) in [6.45, 7) is 0. The second kappa shape index (κ2) is 1.51. The smallest absolute Gasteiger partial charge is 0.171 e. The van der Waals surface area contributed by atoms with Crippen molar-refractivity contribution in [2.75, 3.05) is 0 Å². The van der Waals surface area contributed by atoms with Gasteiger partial charge in [-0.05, 0) is 31.6 Å². The second-order valence-corrected chi connectivity index (χ2v) is 3.59. The molecule has 0 unspecified atom stereocenters. The third kappa shape index (κ3) is 0.584. The van der Waals surface area contributed by atoms with Crippen molar-refractivity contribution in [2.24, 2.45) is 11.3 Å². The number of hydrogen-bond donors (Lipinski definition) is 0. The molecule has 0 nitrogen and oxygen atoms in total. The lowest BCUT2D eigenvalue weighted by Crippen LogP contribution is -2.41. The molecule has 0 aromatic rings. The maximum Gasteiger partial charge on any atom is 0.394 e. The fourth-order valence-corrected chi connectivity index (χ4v) is 2.31. The summed E-state index contributed by atoms with van der Waals surface area (Å²) in [5.41, 5.74) is -1.22. The van der Waals surface area contributed by atoms with Crippen LogP contribution in [-0.2, 0) is 0 Å². The average Bonchev–Trinajstić information content (AvgIpc) is 2.08. The molecule has 3 aliphatic carbocycles. The minimum Gasteiger partial charge on any atom is -0.171 e. The summed E-state index contributed by atoms with van der Waals surface area (Å²) < 4.78 is 36.5. The number of halogens is 3. The van der Waals surface area contributed by atoms with Crippen molar-refractivity contribution in [3.63, 3.8) is 0 Å². The van der Waals surface area contributed by atoms with Gasteiger partial charge in [0.2, 0.25) is 0 Å². The van der Waals surface area contributed by atoms with Gasteiger partial charge in [-0.1, -0.05) is 0 Å². The lowest BCUT2D eigenvalue weighted by atomic mass is 9.69. The Balaban J connectivity index is 2.18. The monoisotopic (exact) mass is 150 g/mol. The third-order valence-corrected chi connectivity index (χ3v) is 2.99. The zero-order chi connectivity index (χ0) is 7.41. The average molecular weight is 150 g/mol. The molecule has 0 radical (unpaired) electrons. The van der Waals surface area contributed by atoms with Crippen molar-refractivity contribution < 1.29 is 13.2 Å². The van der Waals surface area contributed by atoms with E-state index in [4.69, 9.17) is 0 Å². The quantitative estimate of drug-likeness (QED) is 0.498. The molecule has 3 saturated carbocycles. The first kappa shape index (κ1) is 6.50. The highest BCUT2D eigenvalue weighted by Gasteiger charge is 2.65. The van der Waals surface area contributed by atoms with Crippen LogP contribution in [0.3, 0.4) is 0 Å². The predicted molar refractivity (Wildman–Crippen MR) is 30.4 cm³/mol. The van der Waals surface area contributed by atoms with Crippen molar-refractivity contribution in [3.05, 3.63) is 0 Å². The molecule has 3 heteroatoms. The third-order valence-electron chi connectivity index (χ3n) is 2.99. The first-order chi connectivity index (χ1) is 4.54. The molecule has 58 valence electrons. The van der Waals surface area contributed by atoms with Crippen LogP contribution in [0.5, 0.6) is 0 Å². The molecule has 0 amide bonds. The molecule has 2 bridgehead atoms. The largest absolute Gasteiger partial charge is 0.394 e. The Hall–Kier alpha value is -0.210. The van der Waals surface area contributed by atoms with E-state index in [1.54, 1.807) is 0 Å². The van der Waals surface area contributed by atoms with Crippen molar-refractivity contribution in [1.82, 2.24) is 0 Å². The Bertz CT molecular complexity index is 147. The van der Waals surface area contributed by atoms with Crippen LogP contribution in [0.4, 0.5) is 13.2 Å². The van der Waals surface area contributed by atoms with Gasteiger partial charge in [0.1, 0.15) is 0 Å². The summed E-state index contributed by atoms with van der Waals surface area (Å²) >= 11 is 0. The van der Waals surface area contributed by atoms with Gasteiger partial charge in [-0.2, -0.15) is 13.2 Å². The van der Waals surface area contributed by atoms with Gasteiger partial charge in [-0.25, -0.2) is 0 Å². The van der Waals surface area contributed by atoms with Crippen LogP contribution in [0, 0.1) is 11.3 Å². The highest BCUT2D eigenvalue weighted by Crippen LogP contribution is 2.65. The minimum absolute atomic E-state index is 0.390. The number of hydrogen-bond acceptors (Lipinski definition) is 0. The van der Waals surface area contributed by atoms with Gasteiger partial charge in [0.05, 0.1) is 5.41 Å². The summed E-state index contributed by atoms with van der Waals surface area (Å²) in [6, 6.07) is 0. The number of rotatable bonds is 0. The minimum atomic E-state index is -3.92. The van der Waals surface area contributed by atoms with E-state index in [1.807, 2.05) is 0 Å². The summed E-state index contributed by atoms with van der Waals surface area (Å²) in [6.07, 6.45) is -1.90. The maximum absolute atomic E-state index is 12.2. The first-order valence-electron chi connectivity index (χ1n) is 3.60. The van der Waals surface area contributed by atoms with Crippen LogP contribution in [-0.4, -0.2) is 6.18 Å². The van der Waals surface area contributed by atoms with Crippen LogP contribution < -0.4 is 0 Å². The fraction of sp³-hybridized carbons (Fsp3) is 1.00. The van der Waals surface area contributed by atoms with E-state index in [-0.39, 0.29) is 0 Å². The van der Waals surface area contributed by atoms with Gasteiger partial charge in [-0.3, -0.25) is 0 Å².